The zero-order valence-electron chi connectivity index (χ0n) is 14.6. The van der Waals surface area contributed by atoms with Crippen molar-refractivity contribution < 1.29 is 9.21 Å². The van der Waals surface area contributed by atoms with Crippen molar-refractivity contribution in [2.45, 2.75) is 45.1 Å². The number of aromatic nitrogens is 3. The molecule has 4 rings (SSSR count). The van der Waals surface area contributed by atoms with Gasteiger partial charge in [0.25, 0.3) is 6.01 Å². The Balaban J connectivity index is 1.47. The zero-order valence-corrected chi connectivity index (χ0v) is 15.5. The van der Waals surface area contributed by atoms with Gasteiger partial charge in [-0.05, 0) is 31.4 Å². The van der Waals surface area contributed by atoms with Crippen molar-refractivity contribution in [1.29, 1.82) is 0 Å². The summed E-state index contributed by atoms with van der Waals surface area (Å²) in [6.07, 6.45) is 4.79. The van der Waals surface area contributed by atoms with E-state index in [4.69, 9.17) is 4.42 Å². The van der Waals surface area contributed by atoms with Crippen molar-refractivity contribution in [3.63, 3.8) is 0 Å². The molecule has 1 aliphatic heterocycles. The quantitative estimate of drug-likeness (QED) is 0.712. The highest BCUT2D eigenvalue weighted by Crippen LogP contribution is 2.29. The molecule has 0 spiro atoms. The second-order valence-corrected chi connectivity index (χ2v) is 7.47. The fourth-order valence-electron chi connectivity index (χ4n) is 3.17. The summed E-state index contributed by atoms with van der Waals surface area (Å²) in [7, 11) is 0. The number of oxazole rings is 1. The summed E-state index contributed by atoms with van der Waals surface area (Å²) in [5, 5.41) is 12.7. The van der Waals surface area contributed by atoms with Gasteiger partial charge in [0.1, 0.15) is 16.6 Å². The molecule has 26 heavy (non-hydrogen) atoms. The molecule has 0 radical (unpaired) electrons. The van der Waals surface area contributed by atoms with Crippen molar-refractivity contribution >= 4 is 39.5 Å². The van der Waals surface area contributed by atoms with Crippen molar-refractivity contribution in [3.05, 3.63) is 29.3 Å². The molecule has 1 amide bonds. The van der Waals surface area contributed by atoms with Gasteiger partial charge in [-0.2, -0.15) is 4.98 Å². The van der Waals surface area contributed by atoms with Crippen molar-refractivity contribution in [3.8, 4) is 0 Å². The summed E-state index contributed by atoms with van der Waals surface area (Å²) in [6, 6.07) is 7.84. The number of carbonyl (C=O) groups is 1. The highest BCUT2D eigenvalue weighted by Gasteiger charge is 2.34. The number of nitrogens with one attached hydrogen (secondary N) is 1. The molecule has 1 aromatic carbocycles. The third-order valence-corrected chi connectivity index (χ3v) is 5.42. The maximum absolute atomic E-state index is 12.8. The lowest BCUT2D eigenvalue weighted by Crippen LogP contribution is -2.39. The Morgan fingerprint density at radius 2 is 2.27 bits per heavy atom. The number of fused-ring (bicyclic) bond motifs is 1. The van der Waals surface area contributed by atoms with E-state index in [1.807, 2.05) is 29.2 Å². The highest BCUT2D eigenvalue weighted by molar-refractivity contribution is 7.15. The van der Waals surface area contributed by atoms with Gasteiger partial charge in [-0.25, -0.2) is 0 Å². The lowest BCUT2D eigenvalue weighted by atomic mass is 10.2. The molecule has 3 aromatic rings. The molecule has 1 unspecified atom stereocenters. The van der Waals surface area contributed by atoms with E-state index in [2.05, 4.69) is 27.4 Å². The fraction of sp³-hybridized carbons (Fsp3) is 0.444. The van der Waals surface area contributed by atoms with Crippen molar-refractivity contribution in [2.75, 3.05) is 16.8 Å². The Hall–Kier alpha value is -2.48. The average molecular weight is 371 g/mol. The molecule has 2 aromatic heterocycles. The maximum atomic E-state index is 12.8. The average Bonchev–Trinajstić information content (AvgIpc) is 3.37. The minimum Gasteiger partial charge on any atom is -0.423 e. The SMILES string of the molecule is CCCCc1nnc(NC(=O)C2CCCN2c2nc3ccccc3o2)s1. The van der Waals surface area contributed by atoms with Crippen LogP contribution >= 0.6 is 11.3 Å². The van der Waals surface area contributed by atoms with Gasteiger partial charge in [0.05, 0.1) is 0 Å². The molecule has 0 aliphatic carbocycles. The van der Waals surface area contributed by atoms with Crippen molar-refractivity contribution in [2.24, 2.45) is 0 Å². The molecule has 7 nitrogen and oxygen atoms in total. The first kappa shape index (κ1) is 17.0. The predicted molar refractivity (Wildman–Crippen MR) is 102 cm³/mol. The fourth-order valence-corrected chi connectivity index (χ4v) is 3.96. The standard InChI is InChI=1S/C18H21N5O2S/c1-2-3-10-15-21-22-17(26-15)20-16(24)13-8-6-11-23(13)18-19-12-7-4-5-9-14(12)25-18/h4-5,7,9,13H,2-3,6,8,10-11H2,1H3,(H,20,22,24). The molecule has 0 bridgehead atoms. The van der Waals surface area contributed by atoms with Crippen LogP contribution in [0.1, 0.15) is 37.6 Å². The molecular formula is C18H21N5O2S. The number of amides is 1. The van der Waals surface area contributed by atoms with E-state index in [-0.39, 0.29) is 11.9 Å². The smallest absolute Gasteiger partial charge is 0.299 e. The monoisotopic (exact) mass is 371 g/mol. The molecule has 3 heterocycles. The number of hydrogen-bond acceptors (Lipinski definition) is 7. The number of aryl methyl sites for hydroxylation is 1. The second-order valence-electron chi connectivity index (χ2n) is 6.41. The third kappa shape index (κ3) is 3.41. The van der Waals surface area contributed by atoms with Gasteiger partial charge in [-0.15, -0.1) is 10.2 Å². The summed E-state index contributed by atoms with van der Waals surface area (Å²) >= 11 is 1.45. The van der Waals surface area contributed by atoms with E-state index < -0.39 is 0 Å². The number of benzene rings is 1. The summed E-state index contributed by atoms with van der Waals surface area (Å²) in [5.74, 6) is -0.0806. The van der Waals surface area contributed by atoms with E-state index in [1.165, 1.54) is 11.3 Å². The molecule has 8 heteroatoms. The van der Waals surface area contributed by atoms with Crippen LogP contribution in [-0.4, -0.2) is 33.7 Å². The normalized spacial score (nSPS) is 17.1. The van der Waals surface area contributed by atoms with Gasteiger partial charge in [0, 0.05) is 13.0 Å². The first-order valence-corrected chi connectivity index (χ1v) is 9.81. The Labute approximate surface area is 155 Å². The molecule has 1 atom stereocenters. The topological polar surface area (TPSA) is 84.2 Å². The van der Waals surface area contributed by atoms with Crippen LogP contribution in [0.25, 0.3) is 11.1 Å². The Kier molecular flexibility index (Phi) is 4.83. The number of anilines is 2. The summed E-state index contributed by atoms with van der Waals surface area (Å²) in [6.45, 7) is 2.90. The lowest BCUT2D eigenvalue weighted by Gasteiger charge is -2.21. The van der Waals surface area contributed by atoms with Gasteiger partial charge >= 0.3 is 0 Å². The van der Waals surface area contributed by atoms with Crippen LogP contribution in [0.3, 0.4) is 0 Å². The van der Waals surface area contributed by atoms with E-state index in [9.17, 15) is 4.79 Å². The number of nitrogens with zero attached hydrogens (tertiary/aromatic N) is 4. The van der Waals surface area contributed by atoms with Gasteiger partial charge in [-0.1, -0.05) is 36.8 Å². The van der Waals surface area contributed by atoms with E-state index in [0.29, 0.717) is 11.1 Å². The third-order valence-electron chi connectivity index (χ3n) is 4.52. The Bertz CT molecular complexity index is 873. The minimum atomic E-state index is -0.300. The number of para-hydroxylation sites is 2. The lowest BCUT2D eigenvalue weighted by molar-refractivity contribution is -0.117. The first-order valence-electron chi connectivity index (χ1n) is 9.00. The maximum Gasteiger partial charge on any atom is 0.299 e. The van der Waals surface area contributed by atoms with Crippen LogP contribution < -0.4 is 10.2 Å². The van der Waals surface area contributed by atoms with Crippen LogP contribution in [0, 0.1) is 0 Å². The molecule has 1 saturated heterocycles. The van der Waals surface area contributed by atoms with E-state index in [0.717, 1.165) is 54.8 Å². The molecule has 1 N–H and O–H groups in total. The van der Waals surface area contributed by atoms with Crippen LogP contribution in [0.5, 0.6) is 0 Å². The molecule has 1 aliphatic rings. The largest absolute Gasteiger partial charge is 0.423 e. The van der Waals surface area contributed by atoms with Crippen molar-refractivity contribution in [1.82, 2.24) is 15.2 Å². The molecule has 136 valence electrons. The zero-order chi connectivity index (χ0) is 17.9. The number of unbranched alkanes of at least 4 members (excludes halogenated alkanes) is 1. The van der Waals surface area contributed by atoms with Crippen LogP contribution in [0.15, 0.2) is 28.7 Å². The Morgan fingerprint density at radius 1 is 1.38 bits per heavy atom. The van der Waals surface area contributed by atoms with Crippen LogP contribution in [0.2, 0.25) is 0 Å². The van der Waals surface area contributed by atoms with Crippen LogP contribution in [-0.2, 0) is 11.2 Å². The van der Waals surface area contributed by atoms with Crippen LogP contribution in [0.4, 0.5) is 11.1 Å². The number of rotatable bonds is 6. The second kappa shape index (κ2) is 7.41. The number of hydrogen-bond donors (Lipinski definition) is 1. The van der Waals surface area contributed by atoms with Gasteiger partial charge in [0.2, 0.25) is 11.0 Å². The highest BCUT2D eigenvalue weighted by atomic mass is 32.1. The minimum absolute atomic E-state index is 0.0806. The summed E-state index contributed by atoms with van der Waals surface area (Å²) < 4.78 is 5.84. The van der Waals surface area contributed by atoms with E-state index >= 15 is 0 Å². The number of carbonyl (C=O) groups excluding carboxylic acids is 1. The van der Waals surface area contributed by atoms with Gasteiger partial charge < -0.3 is 9.32 Å². The van der Waals surface area contributed by atoms with E-state index in [1.54, 1.807) is 0 Å². The summed E-state index contributed by atoms with van der Waals surface area (Å²) in [4.78, 5) is 19.2. The molecular weight excluding hydrogens is 350 g/mol. The van der Waals surface area contributed by atoms with Gasteiger partial charge in [0.15, 0.2) is 5.58 Å². The molecule has 1 fully saturated rings. The first-order chi connectivity index (χ1) is 12.7. The Morgan fingerprint density at radius 3 is 3.12 bits per heavy atom. The molecule has 0 saturated carbocycles. The summed E-state index contributed by atoms with van der Waals surface area (Å²) in [5.41, 5.74) is 1.54. The predicted octanol–water partition coefficient (Wildman–Crippen LogP) is 3.63. The van der Waals surface area contributed by atoms with Gasteiger partial charge in [-0.3, -0.25) is 10.1 Å².